The first-order valence-electron chi connectivity index (χ1n) is 13.6. The number of aliphatic hydroxyl groups is 1. The Morgan fingerprint density at radius 1 is 1.00 bits per heavy atom. The minimum Gasteiger partial charge on any atom is -0.508 e. The molecule has 2 aliphatic rings. The molecule has 0 saturated carbocycles. The van der Waals surface area contributed by atoms with Crippen LogP contribution in [0.2, 0.25) is 0 Å². The molecule has 0 aromatic heterocycles. The number of likely N-dealkylation sites (tertiary alicyclic amines) is 1. The molecule has 1 heterocycles. The van der Waals surface area contributed by atoms with Gasteiger partial charge in [0.1, 0.15) is 5.75 Å². The number of rotatable bonds is 8. The second kappa shape index (κ2) is 12.1. The molecule has 3 heteroatoms. The molecule has 2 aromatic rings. The van der Waals surface area contributed by atoms with Crippen molar-refractivity contribution in [3.05, 3.63) is 82.4 Å². The van der Waals surface area contributed by atoms with E-state index < -0.39 is 0 Å². The number of aliphatic hydroxyl groups excluding tert-OH is 1. The van der Waals surface area contributed by atoms with E-state index in [9.17, 15) is 10.2 Å². The second-order valence-electron chi connectivity index (χ2n) is 10.7. The fourth-order valence-corrected chi connectivity index (χ4v) is 5.89. The molecule has 0 amide bonds. The third-order valence-corrected chi connectivity index (χ3v) is 8.04. The lowest BCUT2D eigenvalue weighted by atomic mass is 9.79. The monoisotopic (exact) mass is 473 g/mol. The Labute approximate surface area is 212 Å². The van der Waals surface area contributed by atoms with Gasteiger partial charge >= 0.3 is 0 Å². The highest BCUT2D eigenvalue weighted by Crippen LogP contribution is 2.39. The molecule has 188 valence electrons. The van der Waals surface area contributed by atoms with Gasteiger partial charge in [0.15, 0.2) is 0 Å². The molecule has 1 saturated heterocycles. The van der Waals surface area contributed by atoms with E-state index in [0.717, 1.165) is 36.8 Å². The summed E-state index contributed by atoms with van der Waals surface area (Å²) < 4.78 is 0. The molecule has 1 aliphatic carbocycles. The van der Waals surface area contributed by atoms with Crippen molar-refractivity contribution in [2.45, 2.75) is 77.7 Å². The zero-order valence-corrected chi connectivity index (χ0v) is 21.8. The van der Waals surface area contributed by atoms with E-state index in [0.29, 0.717) is 23.6 Å². The Hall–Kier alpha value is -2.36. The highest BCUT2D eigenvalue weighted by molar-refractivity contribution is 5.83. The third-order valence-electron chi connectivity index (χ3n) is 8.04. The van der Waals surface area contributed by atoms with Crippen molar-refractivity contribution in [2.24, 2.45) is 5.92 Å². The van der Waals surface area contributed by atoms with Gasteiger partial charge in [-0.15, -0.1) is 0 Å². The van der Waals surface area contributed by atoms with Gasteiger partial charge in [-0.1, -0.05) is 48.1 Å². The van der Waals surface area contributed by atoms with E-state index in [1.54, 1.807) is 0 Å². The molecule has 1 aliphatic heterocycles. The quantitative estimate of drug-likeness (QED) is 0.398. The minimum atomic E-state index is 0.204. The predicted molar refractivity (Wildman–Crippen MR) is 147 cm³/mol. The number of nitrogens with zero attached hydrogens (tertiary/aromatic N) is 1. The Bertz CT molecular complexity index is 1030. The summed E-state index contributed by atoms with van der Waals surface area (Å²) >= 11 is 0. The summed E-state index contributed by atoms with van der Waals surface area (Å²) in [6, 6.07) is 15.9. The van der Waals surface area contributed by atoms with Gasteiger partial charge in [0.25, 0.3) is 0 Å². The number of hydrogen-bond donors (Lipinski definition) is 2. The number of hydrogen-bond acceptors (Lipinski definition) is 3. The number of allylic oxidation sites excluding steroid dienone is 3. The van der Waals surface area contributed by atoms with Gasteiger partial charge in [-0.3, -0.25) is 0 Å². The van der Waals surface area contributed by atoms with Crippen molar-refractivity contribution < 1.29 is 10.2 Å². The van der Waals surface area contributed by atoms with Crippen LogP contribution in [-0.2, 0) is 0 Å². The topological polar surface area (TPSA) is 43.7 Å². The van der Waals surface area contributed by atoms with Crippen LogP contribution < -0.4 is 0 Å². The van der Waals surface area contributed by atoms with Crippen LogP contribution in [0.4, 0.5) is 0 Å². The van der Waals surface area contributed by atoms with Crippen LogP contribution in [0.15, 0.2) is 60.2 Å². The molecule has 0 unspecified atom stereocenters. The number of piperidine rings is 1. The summed E-state index contributed by atoms with van der Waals surface area (Å²) in [7, 11) is 0. The Morgan fingerprint density at radius 2 is 1.71 bits per heavy atom. The first kappa shape index (κ1) is 25.7. The van der Waals surface area contributed by atoms with E-state index in [2.05, 4.69) is 67.3 Å². The Kier molecular flexibility index (Phi) is 8.86. The van der Waals surface area contributed by atoms with Gasteiger partial charge in [-0.25, -0.2) is 0 Å². The lowest BCUT2D eigenvalue weighted by Crippen LogP contribution is -2.37. The minimum absolute atomic E-state index is 0.204. The van der Waals surface area contributed by atoms with Gasteiger partial charge < -0.3 is 15.1 Å². The van der Waals surface area contributed by atoms with Crippen LogP contribution in [-0.4, -0.2) is 40.9 Å². The summed E-state index contributed by atoms with van der Waals surface area (Å²) in [6.45, 7) is 9.13. The molecular formula is C32H43NO2. The molecule has 1 fully saturated rings. The highest BCUT2D eigenvalue weighted by atomic mass is 16.3. The van der Waals surface area contributed by atoms with E-state index in [1.807, 2.05) is 13.0 Å². The first-order valence-corrected chi connectivity index (χ1v) is 13.6. The second-order valence-corrected chi connectivity index (χ2v) is 10.7. The summed E-state index contributed by atoms with van der Waals surface area (Å²) in [6.07, 6.45) is 12.3. The molecule has 0 radical (unpaired) electrons. The maximum absolute atomic E-state index is 10.2. The van der Waals surface area contributed by atoms with Crippen LogP contribution in [0, 0.1) is 12.8 Å². The van der Waals surface area contributed by atoms with Crippen molar-refractivity contribution in [1.82, 2.24) is 4.90 Å². The van der Waals surface area contributed by atoms with Gasteiger partial charge in [-0.05, 0) is 131 Å². The SMILES string of the molecule is Cc1cc(/C(=C(\CCCO)[C@H]2C=CCCC2)c2ccc(C3CCN(C(C)C)CC3)cc2)ccc1O. The lowest BCUT2D eigenvalue weighted by molar-refractivity contribution is 0.172. The molecule has 0 bridgehead atoms. The maximum Gasteiger partial charge on any atom is 0.118 e. The van der Waals surface area contributed by atoms with Crippen LogP contribution in [0.1, 0.15) is 87.0 Å². The molecule has 35 heavy (non-hydrogen) atoms. The molecule has 4 rings (SSSR count). The average Bonchev–Trinajstić information content (AvgIpc) is 2.89. The molecular weight excluding hydrogens is 430 g/mol. The number of phenols is 1. The van der Waals surface area contributed by atoms with Crippen molar-refractivity contribution in [1.29, 1.82) is 0 Å². The summed E-state index contributed by atoms with van der Waals surface area (Å²) in [5, 5.41) is 19.9. The van der Waals surface area contributed by atoms with Crippen molar-refractivity contribution in [3.8, 4) is 5.75 Å². The number of benzene rings is 2. The molecule has 2 aromatic carbocycles. The van der Waals surface area contributed by atoms with Crippen LogP contribution in [0.5, 0.6) is 5.75 Å². The average molecular weight is 474 g/mol. The van der Waals surface area contributed by atoms with Crippen molar-refractivity contribution >= 4 is 5.57 Å². The van der Waals surface area contributed by atoms with Crippen LogP contribution in [0.3, 0.4) is 0 Å². The molecule has 2 N–H and O–H groups in total. The van der Waals surface area contributed by atoms with Crippen LogP contribution in [0.25, 0.3) is 5.57 Å². The summed E-state index contributed by atoms with van der Waals surface area (Å²) in [5.41, 5.74) is 7.44. The smallest absolute Gasteiger partial charge is 0.118 e. The Morgan fingerprint density at radius 3 is 2.31 bits per heavy atom. The summed E-state index contributed by atoms with van der Waals surface area (Å²) in [4.78, 5) is 2.59. The number of aromatic hydroxyl groups is 1. The molecule has 1 atom stereocenters. The molecule has 3 nitrogen and oxygen atoms in total. The molecule has 0 spiro atoms. The normalized spacial score (nSPS) is 20.3. The van der Waals surface area contributed by atoms with Gasteiger partial charge in [0, 0.05) is 12.6 Å². The standard InChI is InChI=1S/C32H43NO2/c1-23(2)33-19-17-26(18-20-33)25-11-13-28(14-12-25)32(29-15-16-31(35)24(3)22-29)30(10-7-21-34)27-8-5-4-6-9-27/h5,8,11-16,22-23,26-27,34-35H,4,6-7,9-10,17-21H2,1-3H3/b32-30+/t27-/m0/s1. The zero-order valence-electron chi connectivity index (χ0n) is 21.8. The van der Waals surface area contributed by atoms with Crippen molar-refractivity contribution in [2.75, 3.05) is 19.7 Å². The Balaban J connectivity index is 1.72. The third kappa shape index (κ3) is 6.26. The maximum atomic E-state index is 10.2. The van der Waals surface area contributed by atoms with Gasteiger partial charge in [0.2, 0.25) is 0 Å². The lowest BCUT2D eigenvalue weighted by Gasteiger charge is -2.34. The number of aryl methyl sites for hydroxylation is 1. The number of phenolic OH excluding ortho intramolecular Hbond substituents is 1. The predicted octanol–water partition coefficient (Wildman–Crippen LogP) is 7.22. The van der Waals surface area contributed by atoms with E-state index in [4.69, 9.17) is 0 Å². The highest BCUT2D eigenvalue weighted by Gasteiger charge is 2.24. The fraction of sp³-hybridized carbons (Fsp3) is 0.500. The zero-order chi connectivity index (χ0) is 24.8. The van der Waals surface area contributed by atoms with Crippen molar-refractivity contribution in [3.63, 3.8) is 0 Å². The first-order chi connectivity index (χ1) is 17.0. The van der Waals surface area contributed by atoms with E-state index >= 15 is 0 Å². The van der Waals surface area contributed by atoms with Crippen LogP contribution >= 0.6 is 0 Å². The summed E-state index contributed by atoms with van der Waals surface area (Å²) in [5.74, 6) is 1.38. The van der Waals surface area contributed by atoms with Gasteiger partial charge in [0.05, 0.1) is 0 Å². The van der Waals surface area contributed by atoms with E-state index in [-0.39, 0.29) is 6.61 Å². The fourth-order valence-electron chi connectivity index (χ4n) is 5.89. The largest absolute Gasteiger partial charge is 0.508 e. The van der Waals surface area contributed by atoms with E-state index in [1.165, 1.54) is 54.6 Å². The van der Waals surface area contributed by atoms with Gasteiger partial charge in [-0.2, -0.15) is 0 Å².